The second kappa shape index (κ2) is 22.4. The number of primary amides is 1. The Bertz CT molecular complexity index is 3030. The quantitative estimate of drug-likeness (QED) is 0.0328. The Labute approximate surface area is 430 Å². The van der Waals surface area contributed by atoms with Gasteiger partial charge in [0.05, 0.1) is 35.1 Å². The van der Waals surface area contributed by atoms with Crippen LogP contribution in [-0.2, 0) is 70.0 Å². The standard InChI is InChI=1S/C53H62FN9O12/c1-5-53(73)34-22-39-46-32(24-63(39)49(69)33(34)26-74-50(53)70)44-36(17-16-31-28(4)35(54)23-38(58-46)43(31)44)60-52(72)75-25-29-12-14-30(15-13-29)57-47(67)37(10-9-20-56-51(55)71)59-48(68)45(27(2)3)61-40(64)11-7-6-8-21-62-41(65)18-19-42(62)66/h12-15,22-23,27,36-37,45,73H,5-11,16-21,24-26H2,1-4H3,(H,57,67)(H,59,68)(H,60,72)(H,61,64)(H3,55,56,71)/t36-,37-,45?,53-/m0/s1. The molecule has 8 rings (SSSR count). The number of nitrogens with two attached hydrogens (primary N) is 1. The van der Waals surface area contributed by atoms with Gasteiger partial charge in [-0.3, -0.25) is 33.7 Å². The molecule has 22 heteroatoms. The van der Waals surface area contributed by atoms with E-state index >= 15 is 4.39 Å². The van der Waals surface area contributed by atoms with Crippen molar-refractivity contribution in [1.82, 2.24) is 35.7 Å². The molecule has 0 bridgehead atoms. The normalized spacial score (nSPS) is 18.1. The van der Waals surface area contributed by atoms with E-state index in [-0.39, 0.29) is 99.6 Å². The van der Waals surface area contributed by atoms with Gasteiger partial charge in [-0.2, -0.15) is 0 Å². The maximum absolute atomic E-state index is 15.4. The summed E-state index contributed by atoms with van der Waals surface area (Å²) in [5, 5.41) is 25.8. The van der Waals surface area contributed by atoms with Crippen molar-refractivity contribution < 1.29 is 57.3 Å². The van der Waals surface area contributed by atoms with Gasteiger partial charge in [-0.1, -0.05) is 39.3 Å². The van der Waals surface area contributed by atoms with E-state index in [2.05, 4.69) is 26.6 Å². The number of amides is 8. The van der Waals surface area contributed by atoms with Crippen LogP contribution in [0.2, 0.25) is 0 Å². The second-order valence-electron chi connectivity index (χ2n) is 19.8. The van der Waals surface area contributed by atoms with E-state index in [1.54, 1.807) is 58.0 Å². The van der Waals surface area contributed by atoms with Gasteiger partial charge in [0.1, 0.15) is 31.1 Å². The summed E-state index contributed by atoms with van der Waals surface area (Å²) in [6.07, 6.45) is 2.53. The Balaban J connectivity index is 0.902. The van der Waals surface area contributed by atoms with Crippen LogP contribution in [0, 0.1) is 18.7 Å². The van der Waals surface area contributed by atoms with E-state index in [4.69, 9.17) is 20.2 Å². The number of halogens is 1. The number of rotatable bonds is 20. The average molecular weight is 1040 g/mol. The van der Waals surface area contributed by atoms with Crippen LogP contribution in [0.15, 0.2) is 41.2 Å². The lowest BCUT2D eigenvalue weighted by atomic mass is 9.81. The number of likely N-dealkylation sites (tertiary alicyclic amines) is 1. The highest BCUT2D eigenvalue weighted by atomic mass is 19.1. The zero-order chi connectivity index (χ0) is 53.9. The number of unbranched alkanes of at least 4 members (excludes halogenated alkanes) is 2. The number of esters is 1. The van der Waals surface area contributed by atoms with Crippen molar-refractivity contribution in [2.75, 3.05) is 18.4 Å². The largest absolute Gasteiger partial charge is 0.458 e. The van der Waals surface area contributed by atoms with Gasteiger partial charge in [-0.15, -0.1) is 0 Å². The zero-order valence-electron chi connectivity index (χ0n) is 42.3. The Hall–Kier alpha value is -7.75. The van der Waals surface area contributed by atoms with Crippen LogP contribution < -0.4 is 37.9 Å². The predicted molar refractivity (Wildman–Crippen MR) is 269 cm³/mol. The van der Waals surface area contributed by atoms with Crippen LogP contribution in [0.3, 0.4) is 0 Å². The fourth-order valence-electron chi connectivity index (χ4n) is 10.4. The molecule has 1 saturated heterocycles. The maximum atomic E-state index is 15.4. The number of aryl methyl sites for hydroxylation is 1. The van der Waals surface area contributed by atoms with E-state index in [1.165, 1.54) is 15.5 Å². The molecule has 4 aliphatic rings. The highest BCUT2D eigenvalue weighted by Gasteiger charge is 2.46. The van der Waals surface area contributed by atoms with Crippen molar-refractivity contribution >= 4 is 64.2 Å². The molecule has 8 amide bonds. The number of cyclic esters (lactones) is 1. The SMILES string of the molecule is CC[C@@]1(O)C(=O)OCc2c1cc1n(c2=O)Cc2c-1nc1cc(F)c(C)c3c1c2[C@@H](NC(=O)OCc1ccc(NC(=O)[C@H](CCCNC(N)=O)NC(=O)C(NC(=O)CCCCCN2C(=O)CCC2=O)C(C)C)cc1)CC3. The first-order valence-electron chi connectivity index (χ1n) is 25.4. The first-order chi connectivity index (χ1) is 35.8. The number of ether oxygens (including phenoxy) is 2. The average Bonchev–Trinajstić information content (AvgIpc) is 3.95. The zero-order valence-corrected chi connectivity index (χ0v) is 42.3. The number of carbonyl (C=O) groups is 8. The van der Waals surface area contributed by atoms with Crippen LogP contribution in [0.5, 0.6) is 0 Å². The number of imide groups is 1. The van der Waals surface area contributed by atoms with E-state index in [0.29, 0.717) is 88.9 Å². The van der Waals surface area contributed by atoms with Crippen LogP contribution in [0.25, 0.3) is 22.3 Å². The summed E-state index contributed by atoms with van der Waals surface area (Å²) in [5.41, 5.74) is 7.45. The Morgan fingerprint density at radius 3 is 2.37 bits per heavy atom. The molecular formula is C53H62FN9O12. The van der Waals surface area contributed by atoms with Crippen LogP contribution in [0.1, 0.15) is 130 Å². The predicted octanol–water partition coefficient (Wildman–Crippen LogP) is 4.16. The topological polar surface area (TPSA) is 300 Å². The second-order valence-corrected chi connectivity index (χ2v) is 19.8. The number of urea groups is 1. The molecule has 1 unspecified atom stereocenters. The number of benzene rings is 2. The Morgan fingerprint density at radius 2 is 1.68 bits per heavy atom. The Morgan fingerprint density at radius 1 is 0.947 bits per heavy atom. The van der Waals surface area contributed by atoms with Crippen molar-refractivity contribution in [2.45, 2.75) is 142 Å². The van der Waals surface area contributed by atoms with Crippen molar-refractivity contribution in [3.63, 3.8) is 0 Å². The van der Waals surface area contributed by atoms with Gasteiger partial charge in [-0.25, -0.2) is 23.8 Å². The van der Waals surface area contributed by atoms with E-state index < -0.39 is 65.0 Å². The van der Waals surface area contributed by atoms with E-state index in [9.17, 15) is 48.3 Å². The van der Waals surface area contributed by atoms with Gasteiger partial charge in [0.15, 0.2) is 5.60 Å². The minimum absolute atomic E-state index is 0.0409. The summed E-state index contributed by atoms with van der Waals surface area (Å²) in [4.78, 5) is 122. The molecule has 0 saturated carbocycles. The minimum Gasteiger partial charge on any atom is -0.458 e. The van der Waals surface area contributed by atoms with Crippen molar-refractivity contribution in [2.24, 2.45) is 11.7 Å². The lowest BCUT2D eigenvalue weighted by Crippen LogP contribution is -2.54. The molecule has 75 heavy (non-hydrogen) atoms. The third kappa shape index (κ3) is 11.2. The van der Waals surface area contributed by atoms with Crippen LogP contribution in [-0.4, -0.2) is 92.4 Å². The lowest BCUT2D eigenvalue weighted by Gasteiger charge is -2.31. The summed E-state index contributed by atoms with van der Waals surface area (Å²) in [5.74, 6) is -3.58. The van der Waals surface area contributed by atoms with Gasteiger partial charge < -0.3 is 51.5 Å². The van der Waals surface area contributed by atoms with E-state index in [1.807, 2.05) is 0 Å². The third-order valence-corrected chi connectivity index (χ3v) is 14.6. The number of hydrogen-bond acceptors (Lipinski definition) is 13. The number of nitrogens with zero attached hydrogens (tertiary/aromatic N) is 3. The molecule has 4 atom stereocenters. The molecule has 5 heterocycles. The monoisotopic (exact) mass is 1040 g/mol. The molecule has 1 aliphatic carbocycles. The smallest absolute Gasteiger partial charge is 0.407 e. The number of anilines is 1. The molecular weight excluding hydrogens is 974 g/mol. The number of aromatic nitrogens is 2. The highest BCUT2D eigenvalue weighted by molar-refractivity contribution is 6.02. The lowest BCUT2D eigenvalue weighted by molar-refractivity contribution is -0.172. The minimum atomic E-state index is -2.04. The number of alkyl carbamates (subject to hydrolysis) is 1. The molecule has 0 spiro atoms. The molecule has 0 radical (unpaired) electrons. The fourth-order valence-corrected chi connectivity index (χ4v) is 10.4. The number of pyridine rings is 2. The molecule has 2 aromatic carbocycles. The van der Waals surface area contributed by atoms with Gasteiger partial charge in [0, 0.05) is 60.6 Å². The van der Waals surface area contributed by atoms with Gasteiger partial charge in [0.2, 0.25) is 29.5 Å². The number of hydrogen-bond donors (Lipinski definition) is 7. The summed E-state index contributed by atoms with van der Waals surface area (Å²) < 4.78 is 27.8. The molecule has 2 aromatic heterocycles. The first-order valence-corrected chi connectivity index (χ1v) is 25.4. The highest BCUT2D eigenvalue weighted by Crippen LogP contribution is 2.46. The number of aliphatic hydroxyl groups is 1. The molecule has 8 N–H and O–H groups in total. The molecule has 1 fully saturated rings. The number of fused-ring (bicyclic) bond motifs is 5. The van der Waals surface area contributed by atoms with Gasteiger partial charge >= 0.3 is 18.1 Å². The van der Waals surface area contributed by atoms with Crippen molar-refractivity contribution in [1.29, 1.82) is 0 Å². The third-order valence-electron chi connectivity index (χ3n) is 14.6. The number of nitrogens with one attached hydrogen (secondary N) is 5. The van der Waals surface area contributed by atoms with E-state index in [0.717, 1.165) is 5.56 Å². The van der Waals surface area contributed by atoms with Crippen LogP contribution >= 0.6 is 0 Å². The van der Waals surface area contributed by atoms with Gasteiger partial charge in [0.25, 0.3) is 5.56 Å². The van der Waals surface area contributed by atoms with Crippen molar-refractivity contribution in [3.05, 3.63) is 91.5 Å². The molecule has 3 aliphatic heterocycles. The molecule has 398 valence electrons. The van der Waals surface area contributed by atoms with Crippen LogP contribution in [0.4, 0.5) is 19.7 Å². The Kier molecular flexibility index (Phi) is 16.0. The number of carbonyl (C=O) groups excluding carboxylic acids is 8. The summed E-state index contributed by atoms with van der Waals surface area (Å²) in [6.45, 7) is 6.83. The van der Waals surface area contributed by atoms with Crippen molar-refractivity contribution in [3.8, 4) is 11.4 Å². The molecule has 4 aromatic rings. The summed E-state index contributed by atoms with van der Waals surface area (Å²) >= 11 is 0. The fraction of sp³-hybridized carbons (Fsp3) is 0.472. The summed E-state index contributed by atoms with van der Waals surface area (Å²) in [6, 6.07) is 5.92. The molecule has 21 nitrogen and oxygen atoms in total. The first kappa shape index (κ1) is 53.5. The van der Waals surface area contributed by atoms with Gasteiger partial charge in [-0.05, 0) is 98.2 Å². The maximum Gasteiger partial charge on any atom is 0.407 e. The summed E-state index contributed by atoms with van der Waals surface area (Å²) in [7, 11) is 0.